The number of allylic oxidation sites excluding steroid dienone is 1. The lowest BCUT2D eigenvalue weighted by atomic mass is 9.68. The van der Waals surface area contributed by atoms with E-state index < -0.39 is 0 Å². The predicted octanol–water partition coefficient (Wildman–Crippen LogP) is 3.45. The molecular weight excluding hydrogens is 236 g/mol. The number of rotatable bonds is 5. The lowest BCUT2D eigenvalue weighted by Gasteiger charge is -2.41. The summed E-state index contributed by atoms with van der Waals surface area (Å²) in [5, 5.41) is 10.7. The van der Waals surface area contributed by atoms with Crippen LogP contribution < -0.4 is 0 Å². The fourth-order valence-electron chi connectivity index (χ4n) is 2.98. The maximum absolute atomic E-state index is 10.7. The minimum Gasteiger partial charge on any atom is -0.392 e. The van der Waals surface area contributed by atoms with E-state index in [1.807, 2.05) is 13.0 Å². The molecule has 0 spiro atoms. The largest absolute Gasteiger partial charge is 0.392 e. The number of aliphatic hydroxyl groups excluding tert-OH is 1. The molecule has 0 amide bonds. The Hall–Kier alpha value is -1.12. The fourth-order valence-corrected chi connectivity index (χ4v) is 2.98. The van der Waals surface area contributed by atoms with Gasteiger partial charge in [0.25, 0.3) is 0 Å². The molecule has 1 fully saturated rings. The van der Waals surface area contributed by atoms with Crippen molar-refractivity contribution < 1.29 is 9.84 Å². The number of aliphatic hydroxyl groups is 1. The Morgan fingerprint density at radius 2 is 1.95 bits per heavy atom. The highest BCUT2D eigenvalue weighted by Gasteiger charge is 2.40. The van der Waals surface area contributed by atoms with E-state index in [1.165, 1.54) is 5.56 Å². The molecule has 1 unspecified atom stereocenters. The summed E-state index contributed by atoms with van der Waals surface area (Å²) in [6, 6.07) is 10.4. The zero-order valence-corrected chi connectivity index (χ0v) is 11.8. The Bertz CT molecular complexity index is 405. The summed E-state index contributed by atoms with van der Waals surface area (Å²) in [6.45, 7) is 7.42. The van der Waals surface area contributed by atoms with E-state index in [-0.39, 0.29) is 11.5 Å². The first-order chi connectivity index (χ1) is 9.15. The number of benzene rings is 1. The molecular formula is C17H24O2. The van der Waals surface area contributed by atoms with Gasteiger partial charge in [-0.25, -0.2) is 0 Å². The summed E-state index contributed by atoms with van der Waals surface area (Å²) in [5.74, 6) is 0. The van der Waals surface area contributed by atoms with Gasteiger partial charge in [-0.3, -0.25) is 0 Å². The molecule has 1 saturated heterocycles. The second-order valence-corrected chi connectivity index (χ2v) is 5.65. The first kappa shape index (κ1) is 14.3. The molecule has 1 aliphatic rings. The molecule has 1 N–H and O–H groups in total. The third-order valence-electron chi connectivity index (χ3n) is 4.22. The maximum atomic E-state index is 10.7. The third-order valence-corrected chi connectivity index (χ3v) is 4.22. The van der Waals surface area contributed by atoms with E-state index >= 15 is 0 Å². The Morgan fingerprint density at radius 3 is 2.53 bits per heavy atom. The summed E-state index contributed by atoms with van der Waals surface area (Å²) in [6.07, 6.45) is 3.14. The van der Waals surface area contributed by atoms with Crippen LogP contribution >= 0.6 is 0 Å². The van der Waals surface area contributed by atoms with Crippen molar-refractivity contribution in [2.24, 2.45) is 0 Å². The van der Waals surface area contributed by atoms with Gasteiger partial charge < -0.3 is 9.84 Å². The summed E-state index contributed by atoms with van der Waals surface area (Å²) >= 11 is 0. The zero-order valence-electron chi connectivity index (χ0n) is 11.8. The molecule has 1 atom stereocenters. The summed E-state index contributed by atoms with van der Waals surface area (Å²) in [4.78, 5) is 0. The van der Waals surface area contributed by atoms with Gasteiger partial charge in [0.15, 0.2) is 0 Å². The Morgan fingerprint density at radius 1 is 1.32 bits per heavy atom. The molecule has 2 rings (SSSR count). The van der Waals surface area contributed by atoms with Crippen LogP contribution in [0.25, 0.3) is 0 Å². The van der Waals surface area contributed by atoms with Crippen LogP contribution in [0.1, 0.15) is 38.2 Å². The van der Waals surface area contributed by atoms with Crippen LogP contribution in [0.2, 0.25) is 0 Å². The Kier molecular flexibility index (Phi) is 4.78. The molecule has 0 aliphatic carbocycles. The van der Waals surface area contributed by atoms with Gasteiger partial charge in [0.05, 0.1) is 6.10 Å². The lowest BCUT2D eigenvalue weighted by molar-refractivity contribution is -0.0186. The molecule has 0 saturated carbocycles. The molecule has 1 aromatic carbocycles. The van der Waals surface area contributed by atoms with E-state index in [4.69, 9.17) is 4.74 Å². The van der Waals surface area contributed by atoms with Gasteiger partial charge in [-0.2, -0.15) is 0 Å². The highest BCUT2D eigenvalue weighted by Crippen LogP contribution is 2.39. The van der Waals surface area contributed by atoms with Crippen molar-refractivity contribution in [2.75, 3.05) is 13.2 Å². The Balaban J connectivity index is 2.21. The normalized spacial score (nSPS) is 19.9. The monoisotopic (exact) mass is 260 g/mol. The minimum absolute atomic E-state index is 0.144. The van der Waals surface area contributed by atoms with Crippen LogP contribution in [0.4, 0.5) is 0 Å². The number of ether oxygens (including phenoxy) is 1. The van der Waals surface area contributed by atoms with Gasteiger partial charge >= 0.3 is 0 Å². The van der Waals surface area contributed by atoms with Crippen molar-refractivity contribution in [3.63, 3.8) is 0 Å². The van der Waals surface area contributed by atoms with Gasteiger partial charge in [0.2, 0.25) is 0 Å². The second kappa shape index (κ2) is 6.36. The van der Waals surface area contributed by atoms with Crippen LogP contribution in [-0.2, 0) is 10.2 Å². The van der Waals surface area contributed by atoms with E-state index in [0.29, 0.717) is 0 Å². The van der Waals surface area contributed by atoms with Crippen LogP contribution in [0.5, 0.6) is 0 Å². The van der Waals surface area contributed by atoms with Crippen molar-refractivity contribution in [1.29, 1.82) is 0 Å². The van der Waals surface area contributed by atoms with Crippen molar-refractivity contribution in [3.05, 3.63) is 48.0 Å². The number of hydrogen-bond donors (Lipinski definition) is 1. The van der Waals surface area contributed by atoms with E-state index in [2.05, 4.69) is 30.8 Å². The van der Waals surface area contributed by atoms with Crippen molar-refractivity contribution >= 4 is 0 Å². The molecule has 0 radical (unpaired) electrons. The second-order valence-electron chi connectivity index (χ2n) is 5.65. The Labute approximate surface area is 116 Å². The van der Waals surface area contributed by atoms with E-state index in [1.54, 1.807) is 0 Å². The van der Waals surface area contributed by atoms with E-state index in [0.717, 1.165) is 44.5 Å². The maximum Gasteiger partial charge on any atom is 0.0641 e. The van der Waals surface area contributed by atoms with Gasteiger partial charge in [-0.05, 0) is 38.2 Å². The quantitative estimate of drug-likeness (QED) is 0.822. The SMILES string of the molecule is C=C(C)CCC(O)C1(c2ccccc2)CCOCC1. The molecule has 2 heteroatoms. The lowest BCUT2D eigenvalue weighted by Crippen LogP contribution is -2.44. The molecule has 0 aromatic heterocycles. The van der Waals surface area contributed by atoms with Crippen LogP contribution in [0.15, 0.2) is 42.5 Å². The van der Waals surface area contributed by atoms with Crippen molar-refractivity contribution in [3.8, 4) is 0 Å². The molecule has 0 bridgehead atoms. The molecule has 104 valence electrons. The highest BCUT2D eigenvalue weighted by molar-refractivity contribution is 5.28. The molecule has 1 aromatic rings. The molecule has 1 heterocycles. The average molecular weight is 260 g/mol. The third kappa shape index (κ3) is 3.26. The summed E-state index contributed by atoms with van der Waals surface area (Å²) in [5.41, 5.74) is 2.23. The van der Waals surface area contributed by atoms with E-state index in [9.17, 15) is 5.11 Å². The first-order valence-electron chi connectivity index (χ1n) is 7.11. The minimum atomic E-state index is -0.324. The topological polar surface area (TPSA) is 29.5 Å². The van der Waals surface area contributed by atoms with Gasteiger partial charge in [-0.15, -0.1) is 6.58 Å². The summed E-state index contributed by atoms with van der Waals surface area (Å²) in [7, 11) is 0. The predicted molar refractivity (Wildman–Crippen MR) is 78.2 cm³/mol. The number of hydrogen-bond acceptors (Lipinski definition) is 2. The molecule has 2 nitrogen and oxygen atoms in total. The van der Waals surface area contributed by atoms with Gasteiger partial charge in [0.1, 0.15) is 0 Å². The summed E-state index contributed by atoms with van der Waals surface area (Å²) < 4.78 is 5.49. The molecule has 1 aliphatic heterocycles. The van der Waals surface area contributed by atoms with Crippen molar-refractivity contribution in [2.45, 2.75) is 44.1 Å². The van der Waals surface area contributed by atoms with Gasteiger partial charge in [0, 0.05) is 18.6 Å². The smallest absolute Gasteiger partial charge is 0.0641 e. The highest BCUT2D eigenvalue weighted by atomic mass is 16.5. The van der Waals surface area contributed by atoms with Gasteiger partial charge in [-0.1, -0.05) is 35.9 Å². The zero-order chi connectivity index (χ0) is 13.7. The fraction of sp³-hybridized carbons (Fsp3) is 0.529. The average Bonchev–Trinajstić information content (AvgIpc) is 2.46. The first-order valence-corrected chi connectivity index (χ1v) is 7.11. The van der Waals surface area contributed by atoms with Crippen LogP contribution in [0.3, 0.4) is 0 Å². The van der Waals surface area contributed by atoms with Crippen molar-refractivity contribution in [1.82, 2.24) is 0 Å². The van der Waals surface area contributed by atoms with Crippen LogP contribution in [-0.4, -0.2) is 24.4 Å². The van der Waals surface area contributed by atoms with Crippen LogP contribution in [0, 0.1) is 0 Å². The molecule has 19 heavy (non-hydrogen) atoms. The standard InChI is InChI=1S/C17H24O2/c1-14(2)8-9-16(18)17(10-12-19-13-11-17)15-6-4-3-5-7-15/h3-7,16,18H,1,8-13H2,2H3.